The van der Waals surface area contributed by atoms with Crippen LogP contribution in [-0.2, 0) is 10.0 Å². The Labute approximate surface area is 147 Å². The van der Waals surface area contributed by atoms with Gasteiger partial charge >= 0.3 is 6.36 Å². The Morgan fingerprint density at radius 2 is 1.69 bits per heavy atom. The molecule has 1 N–H and O–H groups in total. The molecule has 3 rings (SSSR count). The summed E-state index contributed by atoms with van der Waals surface area (Å²) in [6.45, 7) is 1.65. The van der Waals surface area contributed by atoms with Crippen molar-refractivity contribution in [3.05, 3.63) is 36.7 Å². The minimum absolute atomic E-state index is 0.0368. The first kappa shape index (κ1) is 18.2. The number of aromatic nitrogens is 2. The largest absolute Gasteiger partial charge is 0.573 e. The van der Waals surface area contributed by atoms with E-state index in [1.165, 1.54) is 24.5 Å². The predicted octanol–water partition coefficient (Wildman–Crippen LogP) is 2.78. The molecule has 1 fully saturated rings. The highest BCUT2D eigenvalue weighted by Crippen LogP contribution is 2.30. The van der Waals surface area contributed by atoms with Crippen LogP contribution in [0.5, 0.6) is 5.75 Å². The van der Waals surface area contributed by atoms with E-state index in [-0.39, 0.29) is 5.69 Å². The molecule has 0 atom stereocenters. The molecule has 0 radical (unpaired) electrons. The Morgan fingerprint density at radius 3 is 2.31 bits per heavy atom. The van der Waals surface area contributed by atoms with Crippen LogP contribution >= 0.6 is 0 Å². The van der Waals surface area contributed by atoms with Crippen LogP contribution in [-0.4, -0.2) is 37.8 Å². The standard InChI is InChI=1S/C15H15F3N4O3S/c16-15(17,18)25-12-5-1-2-6-13(12)26(23,24)21-11-9-19-14(20-10-11)22-7-3-4-8-22/h1-2,5-6,9-10,21H,3-4,7-8H2. The molecule has 2 aromatic rings. The zero-order valence-electron chi connectivity index (χ0n) is 13.4. The Bertz CT molecular complexity index is 866. The molecule has 1 aromatic carbocycles. The maximum atomic E-state index is 12.5. The van der Waals surface area contributed by atoms with E-state index in [2.05, 4.69) is 19.4 Å². The molecule has 0 spiro atoms. The first-order valence-corrected chi connectivity index (χ1v) is 9.17. The second-order valence-corrected chi connectivity index (χ2v) is 7.22. The third-order valence-corrected chi connectivity index (χ3v) is 5.06. The van der Waals surface area contributed by atoms with E-state index in [1.54, 1.807) is 0 Å². The van der Waals surface area contributed by atoms with Gasteiger partial charge in [-0.15, -0.1) is 13.2 Å². The Kier molecular flexibility index (Phi) is 4.90. The van der Waals surface area contributed by atoms with Crippen molar-refractivity contribution in [2.45, 2.75) is 24.1 Å². The molecule has 0 aliphatic carbocycles. The summed E-state index contributed by atoms with van der Waals surface area (Å²) < 4.78 is 68.2. The van der Waals surface area contributed by atoms with Crippen molar-refractivity contribution >= 4 is 21.7 Å². The molecule has 7 nitrogen and oxygen atoms in total. The van der Waals surface area contributed by atoms with Crippen LogP contribution in [0.3, 0.4) is 0 Å². The van der Waals surface area contributed by atoms with Crippen molar-refractivity contribution in [1.82, 2.24) is 9.97 Å². The third kappa shape index (κ3) is 4.34. The van der Waals surface area contributed by atoms with Gasteiger partial charge in [0, 0.05) is 13.1 Å². The zero-order chi connectivity index (χ0) is 18.8. The topological polar surface area (TPSA) is 84.4 Å². The molecule has 1 aliphatic rings. The highest BCUT2D eigenvalue weighted by molar-refractivity contribution is 7.92. The number of hydrogen-bond acceptors (Lipinski definition) is 6. The van der Waals surface area contributed by atoms with Crippen molar-refractivity contribution in [2.24, 2.45) is 0 Å². The fourth-order valence-corrected chi connectivity index (χ4v) is 3.70. The molecule has 1 aromatic heterocycles. The molecule has 0 bridgehead atoms. The summed E-state index contributed by atoms with van der Waals surface area (Å²) in [5.74, 6) is -0.339. The SMILES string of the molecule is O=S(=O)(Nc1cnc(N2CCCC2)nc1)c1ccccc1OC(F)(F)F. The number of hydrogen-bond donors (Lipinski definition) is 1. The molecular weight excluding hydrogens is 373 g/mol. The number of sulfonamides is 1. The van der Waals surface area contributed by atoms with E-state index in [9.17, 15) is 21.6 Å². The quantitative estimate of drug-likeness (QED) is 0.848. The molecule has 0 amide bonds. The summed E-state index contributed by atoms with van der Waals surface area (Å²) in [7, 11) is -4.32. The van der Waals surface area contributed by atoms with Gasteiger partial charge in [0.05, 0.1) is 18.1 Å². The summed E-state index contributed by atoms with van der Waals surface area (Å²) in [6, 6.07) is 4.48. The van der Waals surface area contributed by atoms with Gasteiger partial charge in [0.1, 0.15) is 10.6 Å². The minimum Gasteiger partial charge on any atom is -0.404 e. The molecular formula is C15H15F3N4O3S. The molecule has 140 valence electrons. The van der Waals surface area contributed by atoms with Gasteiger partial charge in [-0.05, 0) is 25.0 Å². The fourth-order valence-electron chi connectivity index (χ4n) is 2.55. The molecule has 26 heavy (non-hydrogen) atoms. The van der Waals surface area contributed by atoms with E-state index in [0.717, 1.165) is 38.1 Å². The van der Waals surface area contributed by atoms with Crippen molar-refractivity contribution < 1.29 is 26.3 Å². The van der Waals surface area contributed by atoms with Crippen LogP contribution in [0.15, 0.2) is 41.6 Å². The number of ether oxygens (including phenoxy) is 1. The van der Waals surface area contributed by atoms with E-state index >= 15 is 0 Å². The highest BCUT2D eigenvalue weighted by atomic mass is 32.2. The Hall–Kier alpha value is -2.56. The summed E-state index contributed by atoms with van der Waals surface area (Å²) in [5.41, 5.74) is 0.0368. The second kappa shape index (κ2) is 6.98. The van der Waals surface area contributed by atoms with Crippen molar-refractivity contribution in [3.8, 4) is 5.75 Å². The number of rotatable bonds is 5. The predicted molar refractivity (Wildman–Crippen MR) is 87.4 cm³/mol. The number of benzene rings is 1. The van der Waals surface area contributed by atoms with Crippen molar-refractivity contribution in [2.75, 3.05) is 22.7 Å². The molecule has 1 aliphatic heterocycles. The maximum absolute atomic E-state index is 12.5. The number of alkyl halides is 3. The molecule has 0 saturated carbocycles. The van der Waals surface area contributed by atoms with Crippen molar-refractivity contribution in [1.29, 1.82) is 0 Å². The van der Waals surface area contributed by atoms with Gasteiger partial charge in [-0.1, -0.05) is 12.1 Å². The summed E-state index contributed by atoms with van der Waals surface area (Å²) in [5, 5.41) is 0. The lowest BCUT2D eigenvalue weighted by molar-refractivity contribution is -0.275. The second-order valence-electron chi connectivity index (χ2n) is 5.57. The molecule has 1 saturated heterocycles. The lowest BCUT2D eigenvalue weighted by Crippen LogP contribution is -2.22. The van der Waals surface area contributed by atoms with Crippen molar-refractivity contribution in [3.63, 3.8) is 0 Å². The van der Waals surface area contributed by atoms with Crippen LogP contribution < -0.4 is 14.4 Å². The van der Waals surface area contributed by atoms with Gasteiger partial charge in [-0.25, -0.2) is 18.4 Å². The lowest BCUT2D eigenvalue weighted by Gasteiger charge is -2.16. The normalized spacial score (nSPS) is 15.1. The Morgan fingerprint density at radius 1 is 1.08 bits per heavy atom. The van der Waals surface area contributed by atoms with E-state index in [4.69, 9.17) is 0 Å². The van der Waals surface area contributed by atoms with Crippen LogP contribution in [0, 0.1) is 0 Å². The number of halogens is 3. The maximum Gasteiger partial charge on any atom is 0.573 e. The van der Waals surface area contributed by atoms with Gasteiger partial charge in [0.15, 0.2) is 0 Å². The van der Waals surface area contributed by atoms with E-state index < -0.39 is 27.0 Å². The summed E-state index contributed by atoms with van der Waals surface area (Å²) in [4.78, 5) is 9.52. The average Bonchev–Trinajstić information content (AvgIpc) is 3.08. The first-order chi connectivity index (χ1) is 12.2. The van der Waals surface area contributed by atoms with Gasteiger partial charge in [-0.3, -0.25) is 4.72 Å². The average molecular weight is 388 g/mol. The number of para-hydroxylation sites is 1. The van der Waals surface area contributed by atoms with Crippen LogP contribution in [0.1, 0.15) is 12.8 Å². The summed E-state index contributed by atoms with van der Waals surface area (Å²) in [6.07, 6.45) is -0.398. The van der Waals surface area contributed by atoms with E-state index in [0.29, 0.717) is 5.95 Å². The van der Waals surface area contributed by atoms with Gasteiger partial charge in [-0.2, -0.15) is 0 Å². The number of anilines is 2. The lowest BCUT2D eigenvalue weighted by atomic mass is 10.3. The van der Waals surface area contributed by atoms with Gasteiger partial charge in [0.2, 0.25) is 5.95 Å². The monoisotopic (exact) mass is 388 g/mol. The summed E-state index contributed by atoms with van der Waals surface area (Å²) >= 11 is 0. The number of nitrogens with one attached hydrogen (secondary N) is 1. The minimum atomic E-state index is -5.01. The van der Waals surface area contributed by atoms with Gasteiger partial charge < -0.3 is 9.64 Å². The third-order valence-electron chi connectivity index (χ3n) is 3.64. The Balaban J connectivity index is 1.81. The molecule has 0 unspecified atom stereocenters. The first-order valence-electron chi connectivity index (χ1n) is 7.69. The highest BCUT2D eigenvalue weighted by Gasteiger charge is 2.34. The smallest absolute Gasteiger partial charge is 0.404 e. The van der Waals surface area contributed by atoms with Crippen LogP contribution in [0.4, 0.5) is 24.8 Å². The molecule has 11 heteroatoms. The van der Waals surface area contributed by atoms with Gasteiger partial charge in [0.25, 0.3) is 10.0 Å². The van der Waals surface area contributed by atoms with E-state index in [1.807, 2.05) is 4.90 Å². The zero-order valence-corrected chi connectivity index (χ0v) is 14.2. The fraction of sp³-hybridized carbons (Fsp3) is 0.333. The molecule has 2 heterocycles. The van der Waals surface area contributed by atoms with Crippen LogP contribution in [0.25, 0.3) is 0 Å². The number of nitrogens with zero attached hydrogens (tertiary/aromatic N) is 3. The van der Waals surface area contributed by atoms with Crippen LogP contribution in [0.2, 0.25) is 0 Å².